The normalized spacial score (nSPS) is 12.4. The molecule has 0 aromatic heterocycles. The van der Waals surface area contributed by atoms with Crippen molar-refractivity contribution in [2.75, 3.05) is 13.6 Å². The fraction of sp³-hybridized carbons (Fsp3) is 0.412. The zero-order valence-corrected chi connectivity index (χ0v) is 13.6. The molecule has 0 bridgehead atoms. The lowest BCUT2D eigenvalue weighted by Gasteiger charge is -2.12. The van der Waals surface area contributed by atoms with Gasteiger partial charge in [0.25, 0.3) is 5.91 Å². The average Bonchev–Trinajstić information content (AvgIpc) is 2.55. The molecule has 0 fully saturated rings. The van der Waals surface area contributed by atoms with Gasteiger partial charge in [-0.05, 0) is 31.0 Å². The van der Waals surface area contributed by atoms with Gasteiger partial charge < -0.3 is 16.0 Å². The molecule has 1 amide bonds. The number of nitrogens with one attached hydrogen (secondary N) is 3. The molecule has 0 heterocycles. The summed E-state index contributed by atoms with van der Waals surface area (Å²) < 4.78 is 0. The van der Waals surface area contributed by atoms with Gasteiger partial charge in [0.15, 0.2) is 5.96 Å². The van der Waals surface area contributed by atoms with Gasteiger partial charge in [-0.2, -0.15) is 0 Å². The van der Waals surface area contributed by atoms with E-state index in [1.165, 1.54) is 0 Å². The Hall–Kier alpha value is -2.30. The molecule has 0 radical (unpaired) electrons. The summed E-state index contributed by atoms with van der Waals surface area (Å²) in [5.74, 6) is 0.691. The molecule has 22 heavy (non-hydrogen) atoms. The fourth-order valence-electron chi connectivity index (χ4n) is 1.76. The summed E-state index contributed by atoms with van der Waals surface area (Å²) in [6, 6.07) is 7.76. The second kappa shape index (κ2) is 9.60. The Morgan fingerprint density at radius 3 is 2.55 bits per heavy atom. The third kappa shape index (κ3) is 5.99. The summed E-state index contributed by atoms with van der Waals surface area (Å²) in [5.41, 5.74) is 1.76. The molecule has 5 heteroatoms. The molecule has 0 aliphatic heterocycles. The molecule has 0 spiro atoms. The minimum Gasteiger partial charge on any atom is -0.353 e. The number of carbonyl (C=O) groups is 1. The number of guanidine groups is 1. The van der Waals surface area contributed by atoms with Crippen LogP contribution in [0.5, 0.6) is 0 Å². The zero-order chi connectivity index (χ0) is 16.4. The highest BCUT2D eigenvalue weighted by Gasteiger charge is 2.08. The standard InChI is InChI=1S/C17H26N4O/c1-5-11-19-17(18-4)20-12-14-7-9-15(10-8-14)16(22)21-13(3)6-2/h5,7-10,13H,1,6,11-12H2,2-4H3,(H,21,22)(H2,18,19,20). The van der Waals surface area contributed by atoms with Crippen molar-refractivity contribution < 1.29 is 4.79 Å². The lowest BCUT2D eigenvalue weighted by Crippen LogP contribution is -2.36. The van der Waals surface area contributed by atoms with Crippen molar-refractivity contribution >= 4 is 11.9 Å². The highest BCUT2D eigenvalue weighted by Crippen LogP contribution is 2.05. The Kier molecular flexibility index (Phi) is 7.75. The quantitative estimate of drug-likeness (QED) is 0.410. The third-order valence-electron chi connectivity index (χ3n) is 3.30. The highest BCUT2D eigenvalue weighted by molar-refractivity contribution is 5.94. The predicted octanol–water partition coefficient (Wildman–Crippen LogP) is 2.07. The van der Waals surface area contributed by atoms with E-state index in [2.05, 4.69) is 27.5 Å². The van der Waals surface area contributed by atoms with Crippen LogP contribution >= 0.6 is 0 Å². The first-order valence-corrected chi connectivity index (χ1v) is 7.55. The molecule has 1 rings (SSSR count). The lowest BCUT2D eigenvalue weighted by atomic mass is 10.1. The summed E-state index contributed by atoms with van der Waals surface area (Å²) in [7, 11) is 1.72. The zero-order valence-electron chi connectivity index (χ0n) is 13.6. The van der Waals surface area contributed by atoms with E-state index in [-0.39, 0.29) is 11.9 Å². The Bertz CT molecular complexity index is 508. The number of amides is 1. The molecule has 0 saturated heterocycles. The minimum atomic E-state index is -0.0303. The Morgan fingerprint density at radius 1 is 1.32 bits per heavy atom. The van der Waals surface area contributed by atoms with E-state index in [0.717, 1.165) is 17.9 Å². The van der Waals surface area contributed by atoms with Crippen LogP contribution in [0.3, 0.4) is 0 Å². The Balaban J connectivity index is 2.54. The number of nitrogens with zero attached hydrogens (tertiary/aromatic N) is 1. The number of hydrogen-bond donors (Lipinski definition) is 3. The van der Waals surface area contributed by atoms with Gasteiger partial charge in [-0.3, -0.25) is 9.79 Å². The van der Waals surface area contributed by atoms with Crippen LogP contribution in [-0.2, 0) is 6.54 Å². The maximum absolute atomic E-state index is 12.0. The molecule has 1 unspecified atom stereocenters. The van der Waals surface area contributed by atoms with Crippen molar-refractivity contribution in [1.29, 1.82) is 0 Å². The first-order valence-electron chi connectivity index (χ1n) is 7.55. The van der Waals surface area contributed by atoms with Crippen LogP contribution in [0.25, 0.3) is 0 Å². The van der Waals surface area contributed by atoms with Gasteiger partial charge in [0.1, 0.15) is 0 Å². The average molecular weight is 302 g/mol. The van der Waals surface area contributed by atoms with Crippen molar-refractivity contribution in [3.8, 4) is 0 Å². The maximum Gasteiger partial charge on any atom is 0.251 e. The van der Waals surface area contributed by atoms with Crippen LogP contribution in [0.2, 0.25) is 0 Å². The van der Waals surface area contributed by atoms with Gasteiger partial charge in [-0.15, -0.1) is 6.58 Å². The summed E-state index contributed by atoms with van der Waals surface area (Å²) in [6.45, 7) is 9.01. The van der Waals surface area contributed by atoms with Gasteiger partial charge in [0, 0.05) is 31.7 Å². The van der Waals surface area contributed by atoms with Crippen LogP contribution < -0.4 is 16.0 Å². The van der Waals surface area contributed by atoms with Crippen molar-refractivity contribution in [2.24, 2.45) is 4.99 Å². The van der Waals surface area contributed by atoms with Crippen molar-refractivity contribution in [3.05, 3.63) is 48.0 Å². The van der Waals surface area contributed by atoms with Crippen LogP contribution in [0.1, 0.15) is 36.2 Å². The van der Waals surface area contributed by atoms with E-state index in [1.807, 2.05) is 38.1 Å². The lowest BCUT2D eigenvalue weighted by molar-refractivity contribution is 0.0939. The van der Waals surface area contributed by atoms with Gasteiger partial charge in [-0.1, -0.05) is 25.1 Å². The van der Waals surface area contributed by atoms with E-state index in [4.69, 9.17) is 0 Å². The number of benzene rings is 1. The molecule has 1 aromatic rings. The van der Waals surface area contributed by atoms with Crippen molar-refractivity contribution in [2.45, 2.75) is 32.9 Å². The summed E-state index contributed by atoms with van der Waals surface area (Å²) in [5, 5.41) is 9.26. The SMILES string of the molecule is C=CCNC(=NC)NCc1ccc(C(=O)NC(C)CC)cc1. The third-order valence-corrected chi connectivity index (χ3v) is 3.30. The van der Waals surface area contributed by atoms with Crippen LogP contribution in [0, 0.1) is 0 Å². The first-order chi connectivity index (χ1) is 10.6. The number of carbonyl (C=O) groups excluding carboxylic acids is 1. The summed E-state index contributed by atoms with van der Waals surface area (Å²) in [6.07, 6.45) is 2.70. The second-order valence-corrected chi connectivity index (χ2v) is 5.08. The summed E-state index contributed by atoms with van der Waals surface area (Å²) in [4.78, 5) is 16.1. The van der Waals surface area contributed by atoms with Gasteiger partial charge >= 0.3 is 0 Å². The van der Waals surface area contributed by atoms with Crippen molar-refractivity contribution in [1.82, 2.24) is 16.0 Å². The Labute approximate surface area is 132 Å². The molecule has 1 atom stereocenters. The van der Waals surface area contributed by atoms with E-state index in [9.17, 15) is 4.79 Å². The number of aliphatic imine (C=N–C) groups is 1. The Morgan fingerprint density at radius 2 is 2.00 bits per heavy atom. The van der Waals surface area contributed by atoms with Gasteiger partial charge in [0.2, 0.25) is 0 Å². The number of rotatable bonds is 7. The van der Waals surface area contributed by atoms with Crippen LogP contribution in [0.4, 0.5) is 0 Å². The highest BCUT2D eigenvalue weighted by atomic mass is 16.1. The largest absolute Gasteiger partial charge is 0.353 e. The maximum atomic E-state index is 12.0. The molecule has 3 N–H and O–H groups in total. The van der Waals surface area contributed by atoms with E-state index in [0.29, 0.717) is 18.7 Å². The molecular weight excluding hydrogens is 276 g/mol. The molecule has 1 aromatic carbocycles. The number of hydrogen-bond acceptors (Lipinski definition) is 2. The monoisotopic (exact) mass is 302 g/mol. The minimum absolute atomic E-state index is 0.0303. The van der Waals surface area contributed by atoms with E-state index >= 15 is 0 Å². The fourth-order valence-corrected chi connectivity index (χ4v) is 1.76. The van der Waals surface area contributed by atoms with Gasteiger partial charge in [-0.25, -0.2) is 0 Å². The molecule has 0 aliphatic rings. The van der Waals surface area contributed by atoms with Crippen LogP contribution in [-0.4, -0.2) is 31.5 Å². The topological polar surface area (TPSA) is 65.5 Å². The molecule has 0 saturated carbocycles. The summed E-state index contributed by atoms with van der Waals surface area (Å²) >= 11 is 0. The van der Waals surface area contributed by atoms with Gasteiger partial charge in [0.05, 0.1) is 0 Å². The first kappa shape index (κ1) is 17.8. The van der Waals surface area contributed by atoms with Crippen molar-refractivity contribution in [3.63, 3.8) is 0 Å². The molecule has 5 nitrogen and oxygen atoms in total. The second-order valence-electron chi connectivity index (χ2n) is 5.08. The molecule has 0 aliphatic carbocycles. The van der Waals surface area contributed by atoms with E-state index in [1.54, 1.807) is 13.1 Å². The van der Waals surface area contributed by atoms with E-state index < -0.39 is 0 Å². The molecular formula is C17H26N4O. The smallest absolute Gasteiger partial charge is 0.251 e. The molecule has 120 valence electrons. The van der Waals surface area contributed by atoms with Crippen LogP contribution in [0.15, 0.2) is 41.9 Å². The predicted molar refractivity (Wildman–Crippen MR) is 92.1 cm³/mol.